The van der Waals surface area contributed by atoms with E-state index in [2.05, 4.69) is 41.1 Å². The lowest BCUT2D eigenvalue weighted by molar-refractivity contribution is -0.143. The molecule has 2 atom stereocenters. The zero-order chi connectivity index (χ0) is 18.1. The number of likely N-dealkylation sites (tertiary alicyclic amines) is 1. The van der Waals surface area contributed by atoms with Crippen LogP contribution >= 0.6 is 11.3 Å². The van der Waals surface area contributed by atoms with Crippen molar-refractivity contribution in [2.75, 3.05) is 19.6 Å². The van der Waals surface area contributed by atoms with Crippen LogP contribution in [0.4, 0.5) is 0 Å². The third-order valence-corrected chi connectivity index (χ3v) is 6.36. The predicted molar refractivity (Wildman–Crippen MR) is 100 cm³/mol. The van der Waals surface area contributed by atoms with Crippen LogP contribution in [-0.2, 0) is 21.6 Å². The van der Waals surface area contributed by atoms with Gasteiger partial charge in [0.15, 0.2) is 0 Å². The second-order valence-electron chi connectivity index (χ2n) is 7.36. The molecule has 1 N–H and O–H groups in total. The van der Waals surface area contributed by atoms with Crippen LogP contribution < -0.4 is 0 Å². The molecule has 0 radical (unpaired) electrons. The summed E-state index contributed by atoms with van der Waals surface area (Å²) in [4.78, 5) is 18.2. The Morgan fingerprint density at radius 3 is 2.88 bits per heavy atom. The van der Waals surface area contributed by atoms with Gasteiger partial charge >= 0.3 is 5.97 Å². The van der Waals surface area contributed by atoms with Gasteiger partial charge in [0, 0.05) is 31.4 Å². The molecule has 0 amide bonds. The molecule has 1 saturated heterocycles. The highest BCUT2D eigenvalue weighted by Gasteiger charge is 2.45. The number of piperidine rings is 1. The fourth-order valence-corrected chi connectivity index (χ4v) is 4.92. The first-order valence-corrected chi connectivity index (χ1v) is 10.1. The number of rotatable bonds is 5. The minimum Gasteiger partial charge on any atom is -0.481 e. The molecule has 1 spiro atoms. The lowest BCUT2D eigenvalue weighted by Gasteiger charge is -2.40. The van der Waals surface area contributed by atoms with Crippen molar-refractivity contribution in [3.8, 4) is 0 Å². The molecule has 0 bridgehead atoms. The molecule has 1 aromatic carbocycles. The van der Waals surface area contributed by atoms with Crippen LogP contribution in [0.1, 0.15) is 42.7 Å². The monoisotopic (exact) mass is 372 g/mol. The SMILES string of the molecule is CC1OC2(CCN(CC(Cc3cscn3)C(=O)O)CC2)c2ccccc21. The lowest BCUT2D eigenvalue weighted by Crippen LogP contribution is -2.45. The van der Waals surface area contributed by atoms with Gasteiger partial charge in [-0.3, -0.25) is 4.79 Å². The van der Waals surface area contributed by atoms with E-state index in [0.29, 0.717) is 13.0 Å². The van der Waals surface area contributed by atoms with Gasteiger partial charge in [0.05, 0.1) is 28.8 Å². The van der Waals surface area contributed by atoms with E-state index in [-0.39, 0.29) is 11.7 Å². The molecule has 2 aliphatic heterocycles. The number of carbonyl (C=O) groups is 1. The summed E-state index contributed by atoms with van der Waals surface area (Å²) in [6, 6.07) is 8.51. The summed E-state index contributed by atoms with van der Waals surface area (Å²) in [5, 5.41) is 11.5. The van der Waals surface area contributed by atoms with Gasteiger partial charge in [0.1, 0.15) is 0 Å². The zero-order valence-electron chi connectivity index (χ0n) is 14.9. The Morgan fingerprint density at radius 1 is 1.42 bits per heavy atom. The average molecular weight is 372 g/mol. The molecular formula is C20H24N2O3S. The van der Waals surface area contributed by atoms with Crippen LogP contribution in [0.15, 0.2) is 35.2 Å². The van der Waals surface area contributed by atoms with Crippen molar-refractivity contribution >= 4 is 17.3 Å². The maximum absolute atomic E-state index is 11.7. The molecule has 0 saturated carbocycles. The van der Waals surface area contributed by atoms with Gasteiger partial charge in [-0.1, -0.05) is 24.3 Å². The van der Waals surface area contributed by atoms with E-state index in [1.54, 1.807) is 5.51 Å². The number of fused-ring (bicyclic) bond motifs is 2. The standard InChI is InChI=1S/C20H24N2O3S/c1-14-17-4-2-3-5-18(17)20(25-14)6-8-22(9-7-20)11-15(19(23)24)10-16-12-26-13-21-16/h2-5,12-15H,6-11H2,1H3,(H,23,24). The predicted octanol–water partition coefficient (Wildman–Crippen LogP) is 3.47. The summed E-state index contributed by atoms with van der Waals surface area (Å²) in [6.45, 7) is 4.41. The highest BCUT2D eigenvalue weighted by molar-refractivity contribution is 7.07. The van der Waals surface area contributed by atoms with Crippen molar-refractivity contribution < 1.29 is 14.6 Å². The number of carboxylic acid groups (broad SMARTS) is 1. The summed E-state index contributed by atoms with van der Waals surface area (Å²) >= 11 is 1.51. The van der Waals surface area contributed by atoms with Crippen molar-refractivity contribution in [3.05, 3.63) is 52.0 Å². The molecule has 5 nitrogen and oxygen atoms in total. The van der Waals surface area contributed by atoms with Crippen LogP contribution in [0.5, 0.6) is 0 Å². The molecule has 1 fully saturated rings. The van der Waals surface area contributed by atoms with Gasteiger partial charge in [-0.15, -0.1) is 11.3 Å². The van der Waals surface area contributed by atoms with E-state index >= 15 is 0 Å². The highest BCUT2D eigenvalue weighted by Crippen LogP contribution is 2.49. The van der Waals surface area contributed by atoms with E-state index in [4.69, 9.17) is 4.74 Å². The highest BCUT2D eigenvalue weighted by atomic mass is 32.1. The first-order chi connectivity index (χ1) is 12.6. The van der Waals surface area contributed by atoms with Crippen molar-refractivity contribution in [2.24, 2.45) is 5.92 Å². The molecule has 26 heavy (non-hydrogen) atoms. The van der Waals surface area contributed by atoms with Gasteiger partial charge < -0.3 is 14.7 Å². The first-order valence-electron chi connectivity index (χ1n) is 9.17. The topological polar surface area (TPSA) is 62.7 Å². The quantitative estimate of drug-likeness (QED) is 0.871. The zero-order valence-corrected chi connectivity index (χ0v) is 15.7. The van der Waals surface area contributed by atoms with Crippen molar-refractivity contribution in [2.45, 2.75) is 37.9 Å². The largest absolute Gasteiger partial charge is 0.481 e. The van der Waals surface area contributed by atoms with Crippen LogP contribution in [0.25, 0.3) is 0 Å². The van der Waals surface area contributed by atoms with E-state index in [1.807, 2.05) is 5.38 Å². The number of nitrogens with zero attached hydrogens (tertiary/aromatic N) is 2. The van der Waals surface area contributed by atoms with E-state index in [9.17, 15) is 9.90 Å². The number of thiazole rings is 1. The van der Waals surface area contributed by atoms with Crippen LogP contribution in [0.3, 0.4) is 0 Å². The molecule has 6 heteroatoms. The van der Waals surface area contributed by atoms with Crippen LogP contribution in [-0.4, -0.2) is 40.6 Å². The number of carboxylic acids is 1. The van der Waals surface area contributed by atoms with E-state index in [1.165, 1.54) is 22.5 Å². The van der Waals surface area contributed by atoms with Crippen molar-refractivity contribution in [3.63, 3.8) is 0 Å². The summed E-state index contributed by atoms with van der Waals surface area (Å²) in [6.07, 6.45) is 2.46. The maximum Gasteiger partial charge on any atom is 0.308 e. The number of benzene rings is 1. The lowest BCUT2D eigenvalue weighted by atomic mass is 9.83. The Balaban J connectivity index is 1.41. The maximum atomic E-state index is 11.7. The Labute approximate surface area is 157 Å². The molecular weight excluding hydrogens is 348 g/mol. The smallest absolute Gasteiger partial charge is 0.308 e. The van der Waals surface area contributed by atoms with Gasteiger partial charge in [-0.2, -0.15) is 0 Å². The van der Waals surface area contributed by atoms with Gasteiger partial charge in [-0.05, 0) is 30.9 Å². The summed E-state index contributed by atoms with van der Waals surface area (Å²) in [5.74, 6) is -1.16. The number of ether oxygens (including phenoxy) is 1. The Morgan fingerprint density at radius 2 is 2.19 bits per heavy atom. The Hall–Kier alpha value is -1.76. The Kier molecular flexibility index (Phi) is 4.82. The van der Waals surface area contributed by atoms with Gasteiger partial charge in [0.2, 0.25) is 0 Å². The molecule has 1 aromatic heterocycles. The average Bonchev–Trinajstić information content (AvgIpc) is 3.24. The summed E-state index contributed by atoms with van der Waals surface area (Å²) < 4.78 is 6.39. The Bertz CT molecular complexity index is 769. The van der Waals surface area contributed by atoms with Crippen LogP contribution in [0.2, 0.25) is 0 Å². The number of hydrogen-bond acceptors (Lipinski definition) is 5. The number of aromatic nitrogens is 1. The van der Waals surface area contributed by atoms with E-state index in [0.717, 1.165) is 31.6 Å². The molecule has 3 heterocycles. The van der Waals surface area contributed by atoms with Gasteiger partial charge in [-0.25, -0.2) is 4.98 Å². The molecule has 0 aliphatic carbocycles. The van der Waals surface area contributed by atoms with E-state index < -0.39 is 11.9 Å². The molecule has 4 rings (SSSR count). The molecule has 138 valence electrons. The second-order valence-corrected chi connectivity index (χ2v) is 8.08. The third-order valence-electron chi connectivity index (χ3n) is 5.72. The molecule has 2 unspecified atom stereocenters. The minimum atomic E-state index is -0.741. The van der Waals surface area contributed by atoms with Crippen molar-refractivity contribution in [1.82, 2.24) is 9.88 Å². The minimum absolute atomic E-state index is 0.134. The fraction of sp³-hybridized carbons (Fsp3) is 0.500. The van der Waals surface area contributed by atoms with Gasteiger partial charge in [0.25, 0.3) is 0 Å². The number of aliphatic carboxylic acids is 1. The molecule has 2 aliphatic rings. The third kappa shape index (κ3) is 3.29. The number of hydrogen-bond donors (Lipinski definition) is 1. The molecule has 2 aromatic rings. The van der Waals surface area contributed by atoms with Crippen LogP contribution in [0, 0.1) is 5.92 Å². The first kappa shape index (κ1) is 17.6. The summed E-state index contributed by atoms with van der Waals surface area (Å²) in [5.41, 5.74) is 5.06. The fourth-order valence-electron chi connectivity index (χ4n) is 4.35. The normalized spacial score (nSPS) is 23.0. The van der Waals surface area contributed by atoms with Crippen molar-refractivity contribution in [1.29, 1.82) is 0 Å². The second kappa shape index (κ2) is 7.10. The summed E-state index contributed by atoms with van der Waals surface area (Å²) in [7, 11) is 0.